The first-order valence-electron chi connectivity index (χ1n) is 3.02. The second-order valence-electron chi connectivity index (χ2n) is 1.62. The van der Waals surface area contributed by atoms with E-state index in [1.165, 1.54) is 6.08 Å². The Bertz CT molecular complexity index is 171. The summed E-state index contributed by atoms with van der Waals surface area (Å²) in [4.78, 5) is 10.5. The highest BCUT2D eigenvalue weighted by molar-refractivity contribution is 5.70. The van der Waals surface area contributed by atoms with E-state index in [2.05, 4.69) is 11.3 Å². The molecule has 4 heteroatoms. The molecule has 0 N–H and O–H groups in total. The highest BCUT2D eigenvalue weighted by Crippen LogP contribution is 1.80. The number of nitriles is 1. The lowest BCUT2D eigenvalue weighted by atomic mass is 10.6. The van der Waals surface area contributed by atoms with Crippen molar-refractivity contribution in [2.45, 2.75) is 0 Å². The average Bonchev–Trinajstić information content (AvgIpc) is 2.01. The maximum atomic E-state index is 10.5. The van der Waals surface area contributed by atoms with Crippen LogP contribution in [0.4, 0.5) is 0 Å². The minimum absolute atomic E-state index is 0.131. The van der Waals surface area contributed by atoms with Crippen LogP contribution in [0.25, 0.3) is 0 Å². The zero-order valence-corrected chi connectivity index (χ0v) is 6.08. The average molecular weight is 155 g/mol. The van der Waals surface area contributed by atoms with E-state index < -0.39 is 5.97 Å². The Kier molecular flexibility index (Phi) is 5.95. The topological polar surface area (TPSA) is 59.3 Å². The number of ether oxygens (including phenoxy) is 2. The van der Waals surface area contributed by atoms with Crippen LogP contribution >= 0.6 is 0 Å². The van der Waals surface area contributed by atoms with Crippen LogP contribution in [-0.2, 0) is 14.3 Å². The van der Waals surface area contributed by atoms with Gasteiger partial charge in [0.2, 0.25) is 0 Å². The van der Waals surface area contributed by atoms with Crippen LogP contribution < -0.4 is 0 Å². The third kappa shape index (κ3) is 6.55. The second-order valence-corrected chi connectivity index (χ2v) is 1.62. The molecule has 60 valence electrons. The van der Waals surface area contributed by atoms with Gasteiger partial charge in [-0.3, -0.25) is 0 Å². The van der Waals surface area contributed by atoms with Gasteiger partial charge >= 0.3 is 5.97 Å². The summed E-state index contributed by atoms with van der Waals surface area (Å²) in [5.41, 5.74) is 0. The third-order valence-electron chi connectivity index (χ3n) is 0.753. The van der Waals surface area contributed by atoms with Gasteiger partial charge < -0.3 is 9.47 Å². The summed E-state index contributed by atoms with van der Waals surface area (Å²) in [6.45, 7) is 3.34. The molecule has 0 radical (unpaired) electrons. The van der Waals surface area contributed by atoms with E-state index >= 15 is 0 Å². The van der Waals surface area contributed by atoms with E-state index in [0.717, 1.165) is 0 Å². The predicted octanol–water partition coefficient (Wildman–Crippen LogP) is 0.256. The van der Waals surface area contributed by atoms with Crippen LogP contribution in [0, 0.1) is 11.3 Å². The quantitative estimate of drug-likeness (QED) is 0.324. The van der Waals surface area contributed by atoms with Gasteiger partial charge in [-0.2, -0.15) is 5.26 Å². The molecule has 0 unspecified atom stereocenters. The molecule has 0 aromatic rings. The van der Waals surface area contributed by atoms with Crippen LogP contribution in [0.1, 0.15) is 0 Å². The SMILES string of the molecule is C=CCOCC(=O)OCC#N. The van der Waals surface area contributed by atoms with Crippen molar-refractivity contribution in [2.75, 3.05) is 19.8 Å². The Morgan fingerprint density at radius 2 is 2.45 bits per heavy atom. The normalized spacial score (nSPS) is 8.27. The first-order chi connectivity index (χ1) is 5.31. The molecule has 0 bridgehead atoms. The molecule has 0 aliphatic carbocycles. The van der Waals surface area contributed by atoms with Crippen LogP contribution in [0.2, 0.25) is 0 Å². The van der Waals surface area contributed by atoms with Crippen molar-refractivity contribution in [3.8, 4) is 6.07 Å². The molecule has 11 heavy (non-hydrogen) atoms. The van der Waals surface area contributed by atoms with Crippen LogP contribution in [-0.4, -0.2) is 25.8 Å². The maximum absolute atomic E-state index is 10.5. The number of rotatable bonds is 5. The molecule has 0 heterocycles. The molecular weight excluding hydrogens is 146 g/mol. The third-order valence-corrected chi connectivity index (χ3v) is 0.753. The molecule has 4 nitrogen and oxygen atoms in total. The molecule has 0 aliphatic rings. The van der Waals surface area contributed by atoms with E-state index in [9.17, 15) is 4.79 Å². The van der Waals surface area contributed by atoms with Crippen LogP contribution in [0.5, 0.6) is 0 Å². The molecule has 0 atom stereocenters. The Labute approximate surface area is 65.0 Å². The number of esters is 1. The fourth-order valence-corrected chi connectivity index (χ4v) is 0.380. The predicted molar refractivity (Wildman–Crippen MR) is 37.6 cm³/mol. The van der Waals surface area contributed by atoms with E-state index in [0.29, 0.717) is 6.61 Å². The van der Waals surface area contributed by atoms with Crippen molar-refractivity contribution < 1.29 is 14.3 Å². The highest BCUT2D eigenvalue weighted by Gasteiger charge is 1.99. The number of nitrogens with zero attached hydrogens (tertiary/aromatic N) is 1. The molecule has 0 aromatic carbocycles. The standard InChI is InChI=1S/C7H9NO3/c1-2-4-10-6-7(9)11-5-3-8/h2H,1,4-6H2. The lowest BCUT2D eigenvalue weighted by Gasteiger charge is -1.98. The number of hydrogen-bond acceptors (Lipinski definition) is 4. The molecule has 0 aliphatic heterocycles. The Morgan fingerprint density at radius 3 is 3.00 bits per heavy atom. The fourth-order valence-electron chi connectivity index (χ4n) is 0.380. The Morgan fingerprint density at radius 1 is 1.73 bits per heavy atom. The molecule has 0 amide bonds. The van der Waals surface area contributed by atoms with Gasteiger partial charge in [-0.1, -0.05) is 6.08 Å². The van der Waals surface area contributed by atoms with Gasteiger partial charge in [0, 0.05) is 0 Å². The van der Waals surface area contributed by atoms with Gasteiger partial charge in [0.1, 0.15) is 12.7 Å². The van der Waals surface area contributed by atoms with Crippen LogP contribution in [0.15, 0.2) is 12.7 Å². The van der Waals surface area contributed by atoms with E-state index in [4.69, 9.17) is 10.00 Å². The number of carbonyl (C=O) groups is 1. The van der Waals surface area contributed by atoms with E-state index in [1.807, 2.05) is 0 Å². The maximum Gasteiger partial charge on any atom is 0.333 e. The number of hydrogen-bond donors (Lipinski definition) is 0. The van der Waals surface area contributed by atoms with Gasteiger partial charge in [-0.05, 0) is 0 Å². The summed E-state index contributed by atoms with van der Waals surface area (Å²) in [5, 5.41) is 8.00. The fraction of sp³-hybridized carbons (Fsp3) is 0.429. The first kappa shape index (κ1) is 9.66. The van der Waals surface area contributed by atoms with Crippen molar-refractivity contribution in [1.29, 1.82) is 5.26 Å². The van der Waals surface area contributed by atoms with Gasteiger partial charge in [0.05, 0.1) is 6.61 Å². The second kappa shape index (κ2) is 6.78. The summed E-state index contributed by atoms with van der Waals surface area (Å²) in [5.74, 6) is -0.534. The van der Waals surface area contributed by atoms with Gasteiger partial charge in [0.15, 0.2) is 6.61 Å². The Hall–Kier alpha value is -1.34. The molecule has 0 rings (SSSR count). The minimum Gasteiger partial charge on any atom is -0.449 e. The van der Waals surface area contributed by atoms with Crippen LogP contribution in [0.3, 0.4) is 0 Å². The molecule has 0 saturated carbocycles. The van der Waals surface area contributed by atoms with Crippen molar-refractivity contribution >= 4 is 5.97 Å². The summed E-state index contributed by atoms with van der Waals surface area (Å²) in [6, 6.07) is 1.67. The van der Waals surface area contributed by atoms with Gasteiger partial charge in [0.25, 0.3) is 0 Å². The van der Waals surface area contributed by atoms with E-state index in [-0.39, 0.29) is 13.2 Å². The summed E-state index contributed by atoms with van der Waals surface area (Å²) in [6.07, 6.45) is 1.53. The van der Waals surface area contributed by atoms with Crippen molar-refractivity contribution in [3.63, 3.8) is 0 Å². The lowest BCUT2D eigenvalue weighted by Crippen LogP contribution is -2.12. The van der Waals surface area contributed by atoms with E-state index in [1.54, 1.807) is 6.07 Å². The summed E-state index contributed by atoms with van der Waals surface area (Å²) in [7, 11) is 0. The zero-order chi connectivity index (χ0) is 8.53. The largest absolute Gasteiger partial charge is 0.449 e. The van der Waals surface area contributed by atoms with Gasteiger partial charge in [-0.25, -0.2) is 4.79 Å². The molecule has 0 saturated heterocycles. The van der Waals surface area contributed by atoms with Crippen molar-refractivity contribution in [2.24, 2.45) is 0 Å². The highest BCUT2D eigenvalue weighted by atomic mass is 16.6. The molecule has 0 spiro atoms. The first-order valence-corrected chi connectivity index (χ1v) is 3.02. The summed E-state index contributed by atoms with van der Waals surface area (Å²) >= 11 is 0. The van der Waals surface area contributed by atoms with Crippen molar-refractivity contribution in [1.82, 2.24) is 0 Å². The Balaban J connectivity index is 3.24. The number of carbonyl (C=O) groups excluding carboxylic acids is 1. The monoisotopic (exact) mass is 155 g/mol. The molecule has 0 aromatic heterocycles. The van der Waals surface area contributed by atoms with Crippen molar-refractivity contribution in [3.05, 3.63) is 12.7 Å². The summed E-state index contributed by atoms with van der Waals surface area (Å²) < 4.78 is 9.12. The lowest BCUT2D eigenvalue weighted by molar-refractivity contribution is -0.147. The smallest absolute Gasteiger partial charge is 0.333 e. The minimum atomic E-state index is -0.534. The zero-order valence-electron chi connectivity index (χ0n) is 6.08. The van der Waals surface area contributed by atoms with Gasteiger partial charge in [-0.15, -0.1) is 6.58 Å². The molecule has 0 fully saturated rings. The molecular formula is C7H9NO3.